The van der Waals surface area contributed by atoms with Crippen molar-refractivity contribution in [3.63, 3.8) is 0 Å². The second-order valence-corrected chi connectivity index (χ2v) is 7.05. The van der Waals surface area contributed by atoms with E-state index in [1.54, 1.807) is 25.3 Å². The Labute approximate surface area is 159 Å². The van der Waals surface area contributed by atoms with Crippen molar-refractivity contribution in [3.8, 4) is 0 Å². The van der Waals surface area contributed by atoms with Gasteiger partial charge in [0, 0.05) is 25.0 Å². The maximum atomic E-state index is 12.6. The van der Waals surface area contributed by atoms with Crippen molar-refractivity contribution in [2.24, 2.45) is 0 Å². The van der Waals surface area contributed by atoms with Crippen molar-refractivity contribution in [1.82, 2.24) is 4.98 Å². The molecule has 0 spiro atoms. The van der Waals surface area contributed by atoms with Crippen molar-refractivity contribution in [3.05, 3.63) is 52.7 Å². The van der Waals surface area contributed by atoms with Crippen LogP contribution in [0.1, 0.15) is 57.5 Å². The zero-order valence-electron chi connectivity index (χ0n) is 15.8. The summed E-state index contributed by atoms with van der Waals surface area (Å²) in [7, 11) is 0. The number of carbonyl (C=O) groups is 2. The fraction of sp³-hybridized carbons (Fsp3) is 0.381. The third-order valence-corrected chi connectivity index (χ3v) is 4.99. The molecule has 142 valence electrons. The number of carboxylic acid groups (broad SMARTS) is 1. The summed E-state index contributed by atoms with van der Waals surface area (Å²) in [6.07, 6.45) is 6.43. The highest BCUT2D eigenvalue weighted by Gasteiger charge is 2.15. The molecular weight excluding hydrogens is 342 g/mol. The molecule has 2 aromatic rings. The number of carboxylic acids is 1. The minimum Gasteiger partial charge on any atom is -0.478 e. The lowest BCUT2D eigenvalue weighted by Gasteiger charge is -2.21. The zero-order chi connectivity index (χ0) is 19.4. The molecule has 1 saturated heterocycles. The highest BCUT2D eigenvalue weighted by atomic mass is 16.4. The van der Waals surface area contributed by atoms with Gasteiger partial charge in [-0.1, -0.05) is 18.9 Å². The molecule has 0 radical (unpaired) electrons. The fourth-order valence-corrected chi connectivity index (χ4v) is 3.42. The number of nitrogens with one attached hydrogen (secondary N) is 1. The summed E-state index contributed by atoms with van der Waals surface area (Å²) in [5.41, 5.74) is 2.62. The van der Waals surface area contributed by atoms with Crippen molar-refractivity contribution in [2.45, 2.75) is 39.5 Å². The average Bonchev–Trinajstić information content (AvgIpc) is 2.93. The summed E-state index contributed by atoms with van der Waals surface area (Å²) in [6, 6.07) is 6.92. The first kappa shape index (κ1) is 18.9. The van der Waals surface area contributed by atoms with Crippen LogP contribution in [0.15, 0.2) is 30.5 Å². The van der Waals surface area contributed by atoms with Gasteiger partial charge in [0.2, 0.25) is 0 Å². The van der Waals surface area contributed by atoms with Crippen LogP contribution >= 0.6 is 0 Å². The van der Waals surface area contributed by atoms with Crippen molar-refractivity contribution < 1.29 is 14.7 Å². The number of benzene rings is 1. The fourth-order valence-electron chi connectivity index (χ4n) is 3.42. The van der Waals surface area contributed by atoms with Crippen LogP contribution in [0.4, 0.5) is 11.5 Å². The Morgan fingerprint density at radius 2 is 1.74 bits per heavy atom. The molecule has 1 aromatic carbocycles. The number of hydrogen-bond acceptors (Lipinski definition) is 4. The maximum Gasteiger partial charge on any atom is 0.336 e. The van der Waals surface area contributed by atoms with Crippen LogP contribution in [0, 0.1) is 13.8 Å². The highest BCUT2D eigenvalue weighted by molar-refractivity contribution is 6.05. The minimum atomic E-state index is -1.01. The molecule has 6 heteroatoms. The summed E-state index contributed by atoms with van der Waals surface area (Å²) in [6.45, 7) is 5.58. The van der Waals surface area contributed by atoms with E-state index in [4.69, 9.17) is 0 Å². The van der Waals surface area contributed by atoms with Gasteiger partial charge >= 0.3 is 5.97 Å². The van der Waals surface area contributed by atoms with Crippen LogP contribution in [-0.4, -0.2) is 35.1 Å². The van der Waals surface area contributed by atoms with Crippen LogP contribution < -0.4 is 10.2 Å². The molecule has 2 N–H and O–H groups in total. The van der Waals surface area contributed by atoms with E-state index < -0.39 is 5.97 Å². The third-order valence-electron chi connectivity index (χ3n) is 4.99. The quantitative estimate of drug-likeness (QED) is 0.852. The van der Waals surface area contributed by atoms with Gasteiger partial charge in [0.25, 0.3) is 5.91 Å². The van der Waals surface area contributed by atoms with E-state index in [0.717, 1.165) is 24.5 Å². The Bertz CT molecular complexity index is 838. The van der Waals surface area contributed by atoms with Crippen molar-refractivity contribution >= 4 is 23.4 Å². The van der Waals surface area contributed by atoms with Gasteiger partial charge in [-0.2, -0.15) is 0 Å². The molecule has 6 nitrogen and oxygen atoms in total. The smallest absolute Gasteiger partial charge is 0.336 e. The summed E-state index contributed by atoms with van der Waals surface area (Å²) >= 11 is 0. The Morgan fingerprint density at radius 1 is 1.04 bits per heavy atom. The van der Waals surface area contributed by atoms with Gasteiger partial charge in [-0.15, -0.1) is 0 Å². The molecule has 1 aliphatic heterocycles. The molecule has 0 saturated carbocycles. The van der Waals surface area contributed by atoms with E-state index in [-0.39, 0.29) is 11.5 Å². The van der Waals surface area contributed by atoms with Gasteiger partial charge in [-0.05, 0) is 56.0 Å². The van der Waals surface area contributed by atoms with E-state index in [1.807, 2.05) is 13.0 Å². The van der Waals surface area contributed by atoms with Crippen molar-refractivity contribution in [1.29, 1.82) is 0 Å². The lowest BCUT2D eigenvalue weighted by atomic mass is 10.0. The minimum absolute atomic E-state index is 0.186. The van der Waals surface area contributed by atoms with Gasteiger partial charge in [-0.25, -0.2) is 9.78 Å². The lowest BCUT2D eigenvalue weighted by Crippen LogP contribution is -2.25. The van der Waals surface area contributed by atoms with E-state index >= 15 is 0 Å². The van der Waals surface area contributed by atoms with Gasteiger partial charge in [0.05, 0.1) is 11.1 Å². The number of pyridine rings is 1. The Balaban J connectivity index is 1.75. The largest absolute Gasteiger partial charge is 0.478 e. The van der Waals surface area contributed by atoms with Gasteiger partial charge < -0.3 is 15.3 Å². The number of aromatic carboxylic acids is 1. The molecule has 1 aromatic heterocycles. The molecule has 2 heterocycles. The number of aromatic nitrogens is 1. The lowest BCUT2D eigenvalue weighted by molar-refractivity contribution is 0.0695. The number of nitrogens with zero attached hydrogens (tertiary/aromatic N) is 2. The van der Waals surface area contributed by atoms with E-state index in [9.17, 15) is 14.7 Å². The number of amides is 1. The standard InChI is InChI=1S/C21H25N3O3/c1-14-11-15(2)18(12-17(14)21(26)27)23-20(25)16-7-8-19(22-13-16)24-9-5-3-4-6-10-24/h7-8,11-13H,3-6,9-10H2,1-2H3,(H,23,25)(H,26,27). The molecule has 1 fully saturated rings. The predicted molar refractivity (Wildman–Crippen MR) is 106 cm³/mol. The number of anilines is 2. The van der Waals surface area contributed by atoms with Crippen LogP contribution in [0.25, 0.3) is 0 Å². The van der Waals surface area contributed by atoms with E-state index in [2.05, 4.69) is 15.2 Å². The molecule has 1 aliphatic rings. The van der Waals surface area contributed by atoms with Crippen LogP contribution in [0.2, 0.25) is 0 Å². The first-order chi connectivity index (χ1) is 13.0. The molecule has 0 atom stereocenters. The molecular formula is C21H25N3O3. The second-order valence-electron chi connectivity index (χ2n) is 7.05. The highest BCUT2D eigenvalue weighted by Crippen LogP contribution is 2.22. The summed E-state index contributed by atoms with van der Waals surface area (Å²) in [5.74, 6) is -0.409. The third kappa shape index (κ3) is 4.45. The van der Waals surface area contributed by atoms with Gasteiger partial charge in [0.1, 0.15) is 5.82 Å². The molecule has 0 bridgehead atoms. The van der Waals surface area contributed by atoms with Gasteiger partial charge in [0.15, 0.2) is 0 Å². The topological polar surface area (TPSA) is 82.5 Å². The Morgan fingerprint density at radius 3 is 2.33 bits per heavy atom. The summed E-state index contributed by atoms with van der Waals surface area (Å²) < 4.78 is 0. The number of hydrogen-bond donors (Lipinski definition) is 2. The number of rotatable bonds is 4. The molecule has 0 aliphatic carbocycles. The maximum absolute atomic E-state index is 12.6. The molecule has 1 amide bonds. The van der Waals surface area contributed by atoms with Crippen molar-refractivity contribution in [2.75, 3.05) is 23.3 Å². The molecule has 3 rings (SSSR count). The van der Waals surface area contributed by atoms with E-state index in [0.29, 0.717) is 16.8 Å². The predicted octanol–water partition coefficient (Wildman–Crippen LogP) is 4.03. The Hall–Kier alpha value is -2.89. The molecule has 27 heavy (non-hydrogen) atoms. The second kappa shape index (κ2) is 8.20. The van der Waals surface area contributed by atoms with Crippen LogP contribution in [0.5, 0.6) is 0 Å². The van der Waals surface area contributed by atoms with E-state index in [1.165, 1.54) is 31.7 Å². The Kier molecular flexibility index (Phi) is 5.74. The monoisotopic (exact) mass is 367 g/mol. The summed E-state index contributed by atoms with van der Waals surface area (Å²) in [4.78, 5) is 30.6. The van der Waals surface area contributed by atoms with Gasteiger partial charge in [-0.3, -0.25) is 4.79 Å². The van der Waals surface area contributed by atoms with Crippen LogP contribution in [-0.2, 0) is 0 Å². The average molecular weight is 367 g/mol. The first-order valence-electron chi connectivity index (χ1n) is 9.32. The SMILES string of the molecule is Cc1cc(C)c(C(=O)O)cc1NC(=O)c1ccc(N2CCCCCC2)nc1. The molecule has 0 unspecified atom stereocenters. The number of aryl methyl sites for hydroxylation is 2. The summed E-state index contributed by atoms with van der Waals surface area (Å²) in [5, 5.41) is 12.1. The number of carbonyl (C=O) groups excluding carboxylic acids is 1. The normalized spacial score (nSPS) is 14.5. The van der Waals surface area contributed by atoms with Crippen LogP contribution in [0.3, 0.4) is 0 Å². The zero-order valence-corrected chi connectivity index (χ0v) is 15.8. The first-order valence-corrected chi connectivity index (χ1v) is 9.32.